The van der Waals surface area contributed by atoms with Crippen LogP contribution in [0.25, 0.3) is 0 Å². The van der Waals surface area contributed by atoms with Crippen molar-refractivity contribution in [1.29, 1.82) is 0 Å². The van der Waals surface area contributed by atoms with E-state index in [9.17, 15) is 4.79 Å². The second kappa shape index (κ2) is 2.81. The smallest absolute Gasteiger partial charge is 0.336 e. The zero-order valence-electron chi connectivity index (χ0n) is 7.22. The van der Waals surface area contributed by atoms with E-state index in [0.717, 1.165) is 37.1 Å². The molecule has 2 saturated heterocycles. The number of nitrogens with one attached hydrogen (secondary N) is 1. The largest absolute Gasteiger partial charge is 0.459 e. The fraction of sp³-hybridized carbons (Fsp3) is 0.667. The molecule has 0 aromatic carbocycles. The van der Waals surface area contributed by atoms with Gasteiger partial charge in [-0.05, 0) is 19.8 Å². The summed E-state index contributed by atoms with van der Waals surface area (Å²) in [6, 6.07) is 0. The van der Waals surface area contributed by atoms with Gasteiger partial charge in [-0.25, -0.2) is 4.79 Å². The monoisotopic (exact) mass is 167 g/mol. The highest BCUT2D eigenvalue weighted by Crippen LogP contribution is 2.25. The van der Waals surface area contributed by atoms with Crippen molar-refractivity contribution in [2.24, 2.45) is 0 Å². The number of allylic oxidation sites excluding steroid dienone is 1. The van der Waals surface area contributed by atoms with E-state index in [0.29, 0.717) is 0 Å². The minimum Gasteiger partial charge on any atom is -0.459 e. The third-order valence-electron chi connectivity index (χ3n) is 2.35. The normalized spacial score (nSPS) is 35.1. The molecule has 3 heteroatoms. The Labute approximate surface area is 71.8 Å². The highest BCUT2D eigenvalue weighted by atomic mass is 16.5. The zero-order chi connectivity index (χ0) is 8.55. The number of carbonyl (C=O) groups is 1. The molecule has 1 unspecified atom stereocenters. The summed E-state index contributed by atoms with van der Waals surface area (Å²) in [6.07, 6.45) is 3.00. The van der Waals surface area contributed by atoms with Crippen LogP contribution < -0.4 is 5.32 Å². The topological polar surface area (TPSA) is 38.3 Å². The Hall–Kier alpha value is -0.990. The first kappa shape index (κ1) is 7.65. The van der Waals surface area contributed by atoms with Gasteiger partial charge in [-0.15, -0.1) is 0 Å². The van der Waals surface area contributed by atoms with Crippen molar-refractivity contribution < 1.29 is 9.53 Å². The molecular formula is C9H13NO2. The minimum absolute atomic E-state index is 0.0717. The molecule has 66 valence electrons. The van der Waals surface area contributed by atoms with Crippen molar-refractivity contribution in [3.05, 3.63) is 11.3 Å². The van der Waals surface area contributed by atoms with E-state index < -0.39 is 0 Å². The molecule has 2 fully saturated rings. The molecule has 0 spiro atoms. The first-order chi connectivity index (χ1) is 5.77. The third kappa shape index (κ3) is 1.19. The van der Waals surface area contributed by atoms with Crippen LogP contribution in [0.15, 0.2) is 11.3 Å². The van der Waals surface area contributed by atoms with Crippen LogP contribution in [0.2, 0.25) is 0 Å². The van der Waals surface area contributed by atoms with Gasteiger partial charge in [-0.2, -0.15) is 0 Å². The fourth-order valence-corrected chi connectivity index (χ4v) is 1.76. The Morgan fingerprint density at radius 1 is 1.58 bits per heavy atom. The second-order valence-corrected chi connectivity index (χ2v) is 3.41. The summed E-state index contributed by atoms with van der Waals surface area (Å²) in [5.74, 6) is -0.119. The molecule has 1 N–H and O–H groups in total. The molecule has 12 heavy (non-hydrogen) atoms. The molecule has 3 nitrogen and oxygen atoms in total. The number of rotatable bonds is 0. The molecule has 0 aromatic heterocycles. The Kier molecular flexibility index (Phi) is 1.79. The Balaban J connectivity index is 2.22. The van der Waals surface area contributed by atoms with Crippen molar-refractivity contribution in [3.63, 3.8) is 0 Å². The third-order valence-corrected chi connectivity index (χ3v) is 2.35. The summed E-state index contributed by atoms with van der Waals surface area (Å²) < 4.78 is 5.05. The maximum atomic E-state index is 11.3. The van der Waals surface area contributed by atoms with Crippen LogP contribution in [0.5, 0.6) is 0 Å². The first-order valence-corrected chi connectivity index (χ1v) is 4.44. The molecule has 0 bridgehead atoms. The number of esters is 1. The van der Waals surface area contributed by atoms with E-state index in [2.05, 4.69) is 5.32 Å². The molecule has 0 aliphatic carbocycles. The van der Waals surface area contributed by atoms with Crippen LogP contribution >= 0.6 is 0 Å². The van der Waals surface area contributed by atoms with E-state index in [-0.39, 0.29) is 12.1 Å². The Bertz CT molecular complexity index is 237. The Morgan fingerprint density at radius 2 is 2.42 bits per heavy atom. The lowest BCUT2D eigenvalue weighted by Gasteiger charge is -1.99. The van der Waals surface area contributed by atoms with Crippen LogP contribution in [0.3, 0.4) is 0 Å². The van der Waals surface area contributed by atoms with Gasteiger partial charge in [0.1, 0.15) is 6.10 Å². The van der Waals surface area contributed by atoms with Gasteiger partial charge in [0.25, 0.3) is 0 Å². The van der Waals surface area contributed by atoms with Gasteiger partial charge in [-0.1, -0.05) is 0 Å². The van der Waals surface area contributed by atoms with Crippen LogP contribution in [0.1, 0.15) is 26.2 Å². The summed E-state index contributed by atoms with van der Waals surface area (Å²) in [4.78, 5) is 11.3. The van der Waals surface area contributed by atoms with Gasteiger partial charge >= 0.3 is 5.97 Å². The average molecular weight is 167 g/mol. The molecule has 2 aliphatic heterocycles. The van der Waals surface area contributed by atoms with Crippen molar-refractivity contribution in [2.45, 2.75) is 32.3 Å². The lowest BCUT2D eigenvalue weighted by Crippen LogP contribution is -2.09. The molecule has 0 saturated carbocycles. The van der Waals surface area contributed by atoms with Gasteiger partial charge in [0.05, 0.1) is 5.57 Å². The highest BCUT2D eigenvalue weighted by Gasteiger charge is 2.29. The zero-order valence-corrected chi connectivity index (χ0v) is 7.22. The Morgan fingerprint density at radius 3 is 2.92 bits per heavy atom. The van der Waals surface area contributed by atoms with Crippen LogP contribution in [-0.4, -0.2) is 18.6 Å². The summed E-state index contributed by atoms with van der Waals surface area (Å²) in [6.45, 7) is 2.93. The summed E-state index contributed by atoms with van der Waals surface area (Å²) >= 11 is 0. The maximum Gasteiger partial charge on any atom is 0.336 e. The van der Waals surface area contributed by atoms with E-state index >= 15 is 0 Å². The lowest BCUT2D eigenvalue weighted by molar-refractivity contribution is -0.138. The van der Waals surface area contributed by atoms with Crippen LogP contribution in [0, 0.1) is 0 Å². The fourth-order valence-electron chi connectivity index (χ4n) is 1.76. The number of ether oxygens (including phenoxy) is 1. The number of hydrogen-bond acceptors (Lipinski definition) is 3. The van der Waals surface area contributed by atoms with E-state index in [1.165, 1.54) is 0 Å². The van der Waals surface area contributed by atoms with Gasteiger partial charge in [-0.3, -0.25) is 0 Å². The maximum absolute atomic E-state index is 11.3. The van der Waals surface area contributed by atoms with E-state index in [4.69, 9.17) is 4.74 Å². The SMILES string of the molecule is CC1C/C(=C2\CCCN2)C(=O)O1. The molecule has 2 heterocycles. The number of carbonyl (C=O) groups excluding carboxylic acids is 1. The van der Waals surface area contributed by atoms with Gasteiger partial charge in [0.2, 0.25) is 0 Å². The summed E-state index contributed by atoms with van der Waals surface area (Å²) in [5, 5.41) is 3.23. The molecule has 0 aromatic rings. The predicted molar refractivity (Wildman–Crippen MR) is 44.4 cm³/mol. The molecule has 1 atom stereocenters. The minimum atomic E-state index is -0.119. The van der Waals surface area contributed by atoms with Crippen molar-refractivity contribution in [2.75, 3.05) is 6.54 Å². The van der Waals surface area contributed by atoms with Crippen molar-refractivity contribution in [3.8, 4) is 0 Å². The lowest BCUT2D eigenvalue weighted by atomic mass is 10.1. The second-order valence-electron chi connectivity index (χ2n) is 3.41. The van der Waals surface area contributed by atoms with E-state index in [1.807, 2.05) is 6.92 Å². The standard InChI is InChI=1S/C9H13NO2/c1-6-5-7(9(11)12-6)8-3-2-4-10-8/h6,10H,2-5H2,1H3/b8-7-. The first-order valence-electron chi connectivity index (χ1n) is 4.44. The predicted octanol–water partition coefficient (Wildman–Crippen LogP) is 0.959. The molecule has 0 amide bonds. The number of cyclic esters (lactones) is 1. The average Bonchev–Trinajstić information content (AvgIpc) is 2.58. The molecular weight excluding hydrogens is 154 g/mol. The quantitative estimate of drug-likeness (QED) is 0.431. The van der Waals surface area contributed by atoms with Crippen LogP contribution in [0.4, 0.5) is 0 Å². The van der Waals surface area contributed by atoms with Crippen LogP contribution in [-0.2, 0) is 9.53 Å². The van der Waals surface area contributed by atoms with E-state index in [1.54, 1.807) is 0 Å². The molecule has 2 rings (SSSR count). The van der Waals surface area contributed by atoms with Gasteiger partial charge < -0.3 is 10.1 Å². The number of hydrogen-bond donors (Lipinski definition) is 1. The summed E-state index contributed by atoms with van der Waals surface area (Å²) in [7, 11) is 0. The highest BCUT2D eigenvalue weighted by molar-refractivity contribution is 5.91. The molecule has 2 aliphatic rings. The van der Waals surface area contributed by atoms with Gasteiger partial charge in [0.15, 0.2) is 0 Å². The van der Waals surface area contributed by atoms with Crippen molar-refractivity contribution in [1.82, 2.24) is 5.32 Å². The van der Waals surface area contributed by atoms with Crippen molar-refractivity contribution >= 4 is 5.97 Å². The molecule has 0 radical (unpaired) electrons. The van der Waals surface area contributed by atoms with Gasteiger partial charge in [0, 0.05) is 18.7 Å². The summed E-state index contributed by atoms with van der Waals surface area (Å²) in [5.41, 5.74) is 1.99.